The third kappa shape index (κ3) is 18.8. The number of carboxylic acid groups (broad SMARTS) is 2. The molecule has 0 unspecified atom stereocenters. The van der Waals surface area contributed by atoms with Gasteiger partial charge in [0.2, 0.25) is 11.8 Å². The van der Waals surface area contributed by atoms with E-state index in [4.69, 9.17) is 10.2 Å². The van der Waals surface area contributed by atoms with E-state index in [1.165, 1.54) is 75.6 Å². The van der Waals surface area contributed by atoms with Crippen LogP contribution >= 0.6 is 0 Å². The van der Waals surface area contributed by atoms with Crippen LogP contribution in [0.1, 0.15) is 137 Å². The van der Waals surface area contributed by atoms with E-state index >= 15 is 0 Å². The van der Waals surface area contributed by atoms with E-state index in [-0.39, 0.29) is 42.4 Å². The van der Waals surface area contributed by atoms with E-state index in [1.54, 1.807) is 0 Å². The standard InChI is InChI=1S/2C17H25NO4.Zn/c2*1-2-3-4-5-6-7-8-9-16(20)18-13-10-11-14(17(21)22)15(19)12-13;/h2*10-12,19H,2-9H2,1H3,(H,18,20)(H,21,22);/q;;+2/p-2. The molecule has 0 bridgehead atoms. The van der Waals surface area contributed by atoms with E-state index in [1.807, 2.05) is 0 Å². The van der Waals surface area contributed by atoms with Crippen LogP contribution in [0.25, 0.3) is 0 Å². The number of carbonyl (C=O) groups is 4. The molecule has 0 heterocycles. The summed E-state index contributed by atoms with van der Waals surface area (Å²) < 4.78 is 0. The third-order valence-corrected chi connectivity index (χ3v) is 7.01. The van der Waals surface area contributed by atoms with Crippen LogP contribution in [0, 0.1) is 0 Å². The first-order chi connectivity index (χ1) is 21.1. The average molecular weight is 678 g/mol. The van der Waals surface area contributed by atoms with Gasteiger partial charge in [0.05, 0.1) is 11.1 Å². The third-order valence-electron chi connectivity index (χ3n) is 7.01. The van der Waals surface area contributed by atoms with Crippen LogP contribution in [0.3, 0.4) is 0 Å². The second-order valence-corrected chi connectivity index (χ2v) is 10.9. The largest absolute Gasteiger partial charge is 2.00 e. The number of benzene rings is 2. The van der Waals surface area contributed by atoms with E-state index in [0.29, 0.717) is 24.2 Å². The molecule has 2 rings (SSSR count). The molecule has 0 fully saturated rings. The minimum Gasteiger partial charge on any atom is -0.872 e. The van der Waals surface area contributed by atoms with Crippen molar-refractivity contribution in [3.05, 3.63) is 47.5 Å². The summed E-state index contributed by atoms with van der Waals surface area (Å²) in [6, 6.07) is 7.60. The quantitative estimate of drug-likeness (QED) is 0.0848. The summed E-state index contributed by atoms with van der Waals surface area (Å²) in [5.41, 5.74) is 0.126. The van der Waals surface area contributed by atoms with Crippen LogP contribution in [0.4, 0.5) is 11.4 Å². The molecule has 2 aromatic rings. The van der Waals surface area contributed by atoms with Crippen LogP contribution in [-0.2, 0) is 29.1 Å². The molecule has 244 valence electrons. The van der Waals surface area contributed by atoms with Gasteiger partial charge in [-0.2, -0.15) is 0 Å². The molecule has 0 aliphatic rings. The maximum absolute atomic E-state index is 11.7. The van der Waals surface area contributed by atoms with Gasteiger partial charge in [-0.15, -0.1) is 0 Å². The van der Waals surface area contributed by atoms with Gasteiger partial charge in [-0.25, -0.2) is 9.59 Å². The Bertz CT molecular complexity index is 1100. The fourth-order valence-corrected chi connectivity index (χ4v) is 4.49. The molecule has 0 aromatic heterocycles. The van der Waals surface area contributed by atoms with Crippen molar-refractivity contribution in [1.82, 2.24) is 0 Å². The molecular weight excluding hydrogens is 630 g/mol. The molecule has 11 heteroatoms. The zero-order chi connectivity index (χ0) is 32.7. The maximum Gasteiger partial charge on any atom is 2.00 e. The smallest absolute Gasteiger partial charge is 0.872 e. The molecule has 0 spiro atoms. The van der Waals surface area contributed by atoms with Gasteiger partial charge in [-0.05, 0) is 49.2 Å². The fourth-order valence-electron chi connectivity index (χ4n) is 4.49. The van der Waals surface area contributed by atoms with Crippen molar-refractivity contribution in [3.8, 4) is 11.5 Å². The van der Waals surface area contributed by atoms with E-state index in [0.717, 1.165) is 50.7 Å². The number of rotatable bonds is 20. The van der Waals surface area contributed by atoms with Gasteiger partial charge in [0.25, 0.3) is 0 Å². The molecular formula is C34H48N2O8Zn. The number of carbonyl (C=O) groups excluding carboxylic acids is 2. The first kappa shape index (κ1) is 41.5. The normalized spacial score (nSPS) is 10.2. The Morgan fingerprint density at radius 1 is 0.556 bits per heavy atom. The monoisotopic (exact) mass is 676 g/mol. The Morgan fingerprint density at radius 3 is 1.16 bits per heavy atom. The number of hydrogen-bond donors (Lipinski definition) is 4. The number of unbranched alkanes of at least 4 members (excludes halogenated alkanes) is 12. The van der Waals surface area contributed by atoms with E-state index in [2.05, 4.69) is 24.5 Å². The van der Waals surface area contributed by atoms with Crippen LogP contribution < -0.4 is 20.8 Å². The van der Waals surface area contributed by atoms with Crippen molar-refractivity contribution < 1.29 is 59.1 Å². The van der Waals surface area contributed by atoms with Crippen molar-refractivity contribution in [1.29, 1.82) is 0 Å². The van der Waals surface area contributed by atoms with Crippen LogP contribution in [0.15, 0.2) is 36.4 Å². The van der Waals surface area contributed by atoms with Gasteiger partial charge >= 0.3 is 31.4 Å². The van der Waals surface area contributed by atoms with Crippen molar-refractivity contribution in [2.45, 2.75) is 117 Å². The summed E-state index contributed by atoms with van der Waals surface area (Å²) in [7, 11) is 0. The number of aromatic carboxylic acids is 2. The molecule has 10 nitrogen and oxygen atoms in total. The van der Waals surface area contributed by atoms with E-state index < -0.39 is 23.4 Å². The summed E-state index contributed by atoms with van der Waals surface area (Å²) in [5.74, 6) is -3.99. The topological polar surface area (TPSA) is 179 Å². The number of hydrogen-bond acceptors (Lipinski definition) is 6. The van der Waals surface area contributed by atoms with Gasteiger partial charge in [0, 0.05) is 24.2 Å². The Balaban J connectivity index is 0.000000842. The molecule has 45 heavy (non-hydrogen) atoms. The number of nitrogens with one attached hydrogen (secondary N) is 2. The van der Waals surface area contributed by atoms with E-state index in [9.17, 15) is 29.4 Å². The van der Waals surface area contributed by atoms with Gasteiger partial charge in [-0.3, -0.25) is 9.59 Å². The van der Waals surface area contributed by atoms with Gasteiger partial charge in [0.1, 0.15) is 0 Å². The Labute approximate surface area is 279 Å². The summed E-state index contributed by atoms with van der Waals surface area (Å²) in [6.45, 7) is 4.36. The van der Waals surface area contributed by atoms with Crippen LogP contribution in [0.5, 0.6) is 11.5 Å². The van der Waals surface area contributed by atoms with Crippen molar-refractivity contribution in [2.24, 2.45) is 0 Å². The maximum atomic E-state index is 11.7. The number of carboxylic acids is 2. The fraction of sp³-hybridized carbons (Fsp3) is 0.529. The van der Waals surface area contributed by atoms with Crippen LogP contribution in [-0.4, -0.2) is 34.0 Å². The minimum absolute atomic E-state index is 0. The molecule has 0 atom stereocenters. The predicted octanol–water partition coefficient (Wildman–Crippen LogP) is 7.07. The molecule has 0 saturated heterocycles. The van der Waals surface area contributed by atoms with Crippen molar-refractivity contribution in [2.75, 3.05) is 10.6 Å². The second-order valence-electron chi connectivity index (χ2n) is 10.9. The van der Waals surface area contributed by atoms with Crippen molar-refractivity contribution >= 4 is 35.1 Å². The summed E-state index contributed by atoms with van der Waals surface area (Å²) in [5, 5.41) is 45.8. The van der Waals surface area contributed by atoms with Gasteiger partial charge in [0.15, 0.2) is 0 Å². The zero-order valence-electron chi connectivity index (χ0n) is 26.8. The van der Waals surface area contributed by atoms with Gasteiger partial charge in [-0.1, -0.05) is 102 Å². The predicted molar refractivity (Wildman–Crippen MR) is 168 cm³/mol. The molecule has 4 N–H and O–H groups in total. The Kier molecular flexibility index (Phi) is 22.9. The SMILES string of the molecule is CCCCCCCCCC(=O)Nc1ccc(C(=O)O)c([O-])c1.CCCCCCCCCC(=O)Nc1ccc(C(=O)O)c([O-])c1.[Zn+2]. The summed E-state index contributed by atoms with van der Waals surface area (Å²) in [6.07, 6.45) is 16.8. The molecule has 0 saturated carbocycles. The molecule has 2 aromatic carbocycles. The van der Waals surface area contributed by atoms with Crippen LogP contribution in [0.2, 0.25) is 0 Å². The molecule has 0 aliphatic heterocycles. The first-order valence-electron chi connectivity index (χ1n) is 15.8. The Hall–Kier alpha value is -3.46. The summed E-state index contributed by atoms with van der Waals surface area (Å²) >= 11 is 0. The number of amides is 2. The zero-order valence-corrected chi connectivity index (χ0v) is 29.8. The van der Waals surface area contributed by atoms with Gasteiger partial charge < -0.3 is 31.1 Å². The molecule has 0 radical (unpaired) electrons. The average Bonchev–Trinajstić information content (AvgIpc) is 2.96. The molecule has 0 aliphatic carbocycles. The Morgan fingerprint density at radius 2 is 0.867 bits per heavy atom. The van der Waals surface area contributed by atoms with Crippen molar-refractivity contribution in [3.63, 3.8) is 0 Å². The second kappa shape index (κ2) is 24.8. The minimum atomic E-state index is -1.26. The summed E-state index contributed by atoms with van der Waals surface area (Å²) in [4.78, 5) is 45.0. The number of anilines is 2. The first-order valence-corrected chi connectivity index (χ1v) is 15.8. The molecule has 2 amide bonds.